The van der Waals surface area contributed by atoms with Crippen molar-refractivity contribution < 1.29 is 17.9 Å². The summed E-state index contributed by atoms with van der Waals surface area (Å²) in [5.74, 6) is 0.202. The number of nitrogens with one attached hydrogen (secondary N) is 1. The summed E-state index contributed by atoms with van der Waals surface area (Å²) in [7, 11) is -0.770. The number of carbonyl (C=O) groups is 1. The summed E-state index contributed by atoms with van der Waals surface area (Å²) in [5, 5.41) is 3.32. The van der Waals surface area contributed by atoms with Crippen LogP contribution in [0.15, 0.2) is 71.6 Å². The largest absolute Gasteiger partial charge is 0.496 e. The van der Waals surface area contributed by atoms with E-state index in [0.29, 0.717) is 27.6 Å². The van der Waals surface area contributed by atoms with Gasteiger partial charge in [-0.2, -0.15) is 4.31 Å². The number of carbonyl (C=O) groups excluding carboxylic acids is 1. The zero-order valence-corrected chi connectivity index (χ0v) is 19.7. The average Bonchev–Trinajstić information content (AvgIpc) is 2.79. The minimum absolute atomic E-state index is 0.0282. The second kappa shape index (κ2) is 10.2. The Labute approximate surface area is 193 Å². The number of halogens is 1. The fourth-order valence-electron chi connectivity index (χ4n) is 3.18. The maximum Gasteiger partial charge on any atom is 0.255 e. The second-order valence-corrected chi connectivity index (χ2v) is 9.73. The van der Waals surface area contributed by atoms with E-state index >= 15 is 0 Å². The molecule has 0 aliphatic rings. The Morgan fingerprint density at radius 1 is 1.03 bits per heavy atom. The highest BCUT2D eigenvalue weighted by Crippen LogP contribution is 2.25. The van der Waals surface area contributed by atoms with Gasteiger partial charge in [0.25, 0.3) is 5.91 Å². The fourth-order valence-corrected chi connectivity index (χ4v) is 4.46. The van der Waals surface area contributed by atoms with Crippen LogP contribution in [0.1, 0.15) is 28.4 Å². The maximum atomic E-state index is 12.9. The number of amides is 1. The lowest BCUT2D eigenvalue weighted by molar-refractivity contribution is 0.102. The summed E-state index contributed by atoms with van der Waals surface area (Å²) in [6, 6.07) is 18.6. The van der Waals surface area contributed by atoms with E-state index in [1.54, 1.807) is 18.2 Å². The molecule has 0 aliphatic carbocycles. The monoisotopic (exact) mass is 472 g/mol. The highest BCUT2D eigenvalue weighted by molar-refractivity contribution is 7.89. The number of methoxy groups -OCH3 is 1. The van der Waals surface area contributed by atoms with Crippen LogP contribution in [0.3, 0.4) is 0 Å². The molecule has 1 N–H and O–H groups in total. The third-order valence-corrected chi connectivity index (χ3v) is 7.15. The van der Waals surface area contributed by atoms with Gasteiger partial charge in [0.15, 0.2) is 0 Å². The highest BCUT2D eigenvalue weighted by atomic mass is 35.5. The number of sulfonamides is 1. The molecule has 0 saturated carbocycles. The number of aryl methyl sites for hydroxylation is 1. The van der Waals surface area contributed by atoms with Crippen molar-refractivity contribution in [3.63, 3.8) is 0 Å². The third-order valence-electron chi connectivity index (χ3n) is 5.08. The fraction of sp³-hybridized carbons (Fsp3) is 0.208. The van der Waals surface area contributed by atoms with Gasteiger partial charge in [0.1, 0.15) is 5.75 Å². The maximum absolute atomic E-state index is 12.9. The molecule has 3 rings (SSSR count). The lowest BCUT2D eigenvalue weighted by Crippen LogP contribution is -2.27. The van der Waals surface area contributed by atoms with Gasteiger partial charge in [0, 0.05) is 35.4 Å². The molecule has 3 aromatic carbocycles. The number of nitrogens with zero attached hydrogens (tertiary/aromatic N) is 1. The molecule has 0 spiro atoms. The SMILES string of the molecule is CCc1ccc(NC(=O)c2ccc(OC)c(CN(C)S(=O)(=O)c3ccc(Cl)cc3)c2)cc1. The summed E-state index contributed by atoms with van der Waals surface area (Å²) < 4.78 is 32.4. The molecule has 0 bridgehead atoms. The van der Waals surface area contributed by atoms with Crippen LogP contribution in [0.2, 0.25) is 5.02 Å². The van der Waals surface area contributed by atoms with Gasteiger partial charge in [-0.25, -0.2) is 8.42 Å². The van der Waals surface area contributed by atoms with Crippen molar-refractivity contribution in [1.82, 2.24) is 4.31 Å². The molecule has 0 saturated heterocycles. The Kier molecular flexibility index (Phi) is 7.56. The van der Waals surface area contributed by atoms with E-state index in [1.807, 2.05) is 24.3 Å². The lowest BCUT2D eigenvalue weighted by atomic mass is 10.1. The van der Waals surface area contributed by atoms with Gasteiger partial charge in [0.2, 0.25) is 10.0 Å². The molecule has 6 nitrogen and oxygen atoms in total. The van der Waals surface area contributed by atoms with E-state index in [0.717, 1.165) is 6.42 Å². The molecular weight excluding hydrogens is 448 g/mol. The molecule has 0 fully saturated rings. The quantitative estimate of drug-likeness (QED) is 0.501. The Balaban J connectivity index is 1.82. The molecule has 0 aliphatic heterocycles. The topological polar surface area (TPSA) is 75.7 Å². The van der Waals surface area contributed by atoms with Crippen LogP contribution in [0, 0.1) is 0 Å². The van der Waals surface area contributed by atoms with Gasteiger partial charge in [0.05, 0.1) is 12.0 Å². The number of rotatable bonds is 8. The van der Waals surface area contributed by atoms with Crippen molar-refractivity contribution >= 4 is 33.2 Å². The predicted octanol–water partition coefficient (Wildman–Crippen LogP) is 4.98. The standard InChI is InChI=1S/C24H25ClN2O4S/c1-4-17-5-10-21(11-6-17)26-24(28)18-7-14-23(31-3)19(15-18)16-27(2)32(29,30)22-12-8-20(25)9-13-22/h5-15H,4,16H2,1-3H3,(H,26,28). The van der Waals surface area contributed by atoms with Crippen LogP contribution in [-0.2, 0) is 23.0 Å². The van der Waals surface area contributed by atoms with E-state index in [-0.39, 0.29) is 17.3 Å². The summed E-state index contributed by atoms with van der Waals surface area (Å²) in [6.07, 6.45) is 0.919. The van der Waals surface area contributed by atoms with E-state index < -0.39 is 10.0 Å². The molecular formula is C24H25ClN2O4S. The van der Waals surface area contributed by atoms with Gasteiger partial charge in [-0.3, -0.25) is 4.79 Å². The molecule has 0 atom stereocenters. The number of anilines is 1. The first-order chi connectivity index (χ1) is 15.2. The molecule has 0 radical (unpaired) electrons. The van der Waals surface area contributed by atoms with Crippen LogP contribution in [0.5, 0.6) is 5.75 Å². The van der Waals surface area contributed by atoms with Gasteiger partial charge < -0.3 is 10.1 Å². The van der Waals surface area contributed by atoms with Gasteiger partial charge in [-0.1, -0.05) is 30.7 Å². The second-order valence-electron chi connectivity index (χ2n) is 7.25. The van der Waals surface area contributed by atoms with Crippen LogP contribution in [0.25, 0.3) is 0 Å². The Morgan fingerprint density at radius 2 is 1.69 bits per heavy atom. The summed E-state index contributed by atoms with van der Waals surface area (Å²) >= 11 is 5.87. The van der Waals surface area contributed by atoms with Crippen molar-refractivity contribution in [2.24, 2.45) is 0 Å². The number of ether oxygens (including phenoxy) is 1. The Morgan fingerprint density at radius 3 is 2.28 bits per heavy atom. The van der Waals surface area contributed by atoms with Gasteiger partial charge >= 0.3 is 0 Å². The minimum Gasteiger partial charge on any atom is -0.496 e. The Bertz CT molecular complexity index is 1190. The number of hydrogen-bond donors (Lipinski definition) is 1. The molecule has 32 heavy (non-hydrogen) atoms. The first kappa shape index (κ1) is 23.8. The first-order valence-corrected chi connectivity index (χ1v) is 11.9. The van der Waals surface area contributed by atoms with Crippen molar-refractivity contribution in [1.29, 1.82) is 0 Å². The summed E-state index contributed by atoms with van der Waals surface area (Å²) in [5.41, 5.74) is 2.84. The molecule has 168 valence electrons. The zero-order chi connectivity index (χ0) is 23.3. The molecule has 1 amide bonds. The van der Waals surface area contributed by atoms with Gasteiger partial charge in [-0.15, -0.1) is 0 Å². The van der Waals surface area contributed by atoms with Gasteiger partial charge in [-0.05, 0) is 66.6 Å². The predicted molar refractivity (Wildman–Crippen MR) is 127 cm³/mol. The minimum atomic E-state index is -3.75. The van der Waals surface area contributed by atoms with Crippen LogP contribution in [-0.4, -0.2) is 32.8 Å². The highest BCUT2D eigenvalue weighted by Gasteiger charge is 2.22. The van der Waals surface area contributed by atoms with Crippen LogP contribution < -0.4 is 10.1 Å². The molecule has 0 unspecified atom stereocenters. The third kappa shape index (κ3) is 5.48. The Hall–Kier alpha value is -2.87. The first-order valence-electron chi connectivity index (χ1n) is 10.0. The molecule has 8 heteroatoms. The summed E-state index contributed by atoms with van der Waals surface area (Å²) in [6.45, 7) is 2.09. The molecule has 0 heterocycles. The summed E-state index contributed by atoms with van der Waals surface area (Å²) in [4.78, 5) is 12.9. The van der Waals surface area contributed by atoms with Crippen molar-refractivity contribution in [3.05, 3.63) is 88.4 Å². The number of benzene rings is 3. The normalized spacial score (nSPS) is 11.4. The van der Waals surface area contributed by atoms with Crippen molar-refractivity contribution in [2.75, 3.05) is 19.5 Å². The van der Waals surface area contributed by atoms with Crippen LogP contribution in [0.4, 0.5) is 5.69 Å². The van der Waals surface area contributed by atoms with Crippen molar-refractivity contribution in [3.8, 4) is 5.75 Å². The van der Waals surface area contributed by atoms with E-state index in [9.17, 15) is 13.2 Å². The van der Waals surface area contributed by atoms with E-state index in [4.69, 9.17) is 16.3 Å². The lowest BCUT2D eigenvalue weighted by Gasteiger charge is -2.19. The van der Waals surface area contributed by atoms with Crippen LogP contribution >= 0.6 is 11.6 Å². The van der Waals surface area contributed by atoms with Crippen molar-refractivity contribution in [2.45, 2.75) is 24.8 Å². The number of hydrogen-bond acceptors (Lipinski definition) is 4. The molecule has 3 aromatic rings. The van der Waals surface area contributed by atoms with E-state index in [2.05, 4.69) is 12.2 Å². The van der Waals surface area contributed by atoms with E-state index in [1.165, 1.54) is 48.3 Å². The average molecular weight is 473 g/mol. The molecule has 0 aromatic heterocycles. The zero-order valence-electron chi connectivity index (χ0n) is 18.1. The smallest absolute Gasteiger partial charge is 0.255 e.